The van der Waals surface area contributed by atoms with Crippen molar-refractivity contribution in [1.82, 2.24) is 4.98 Å². The highest BCUT2D eigenvalue weighted by atomic mass is 16.1. The number of para-hydroxylation sites is 1. The Hall–Kier alpha value is -2.08. The minimum Gasteiger partial charge on any atom is -0.322 e. The molecule has 2 aromatic rings. The molecule has 1 heterocycles. The molecule has 17 heavy (non-hydrogen) atoms. The van der Waals surface area contributed by atoms with E-state index in [0.717, 1.165) is 10.9 Å². The maximum Gasteiger partial charge on any atom is 0.252 e. The van der Waals surface area contributed by atoms with Gasteiger partial charge in [-0.2, -0.15) is 5.26 Å². The van der Waals surface area contributed by atoms with Crippen LogP contribution < -0.4 is 5.56 Å². The zero-order valence-electron chi connectivity index (χ0n) is 9.90. The molecule has 0 saturated carbocycles. The maximum absolute atomic E-state index is 11.9. The molecule has 3 heteroatoms. The highest BCUT2D eigenvalue weighted by Gasteiger charge is 2.18. The van der Waals surface area contributed by atoms with E-state index in [1.54, 1.807) is 0 Å². The van der Waals surface area contributed by atoms with Gasteiger partial charge in [-0.05, 0) is 23.4 Å². The number of nitriles is 1. The van der Waals surface area contributed by atoms with Crippen molar-refractivity contribution in [2.75, 3.05) is 0 Å². The lowest BCUT2D eigenvalue weighted by Gasteiger charge is -2.12. The average Bonchev–Trinajstić information content (AvgIpc) is 2.30. The van der Waals surface area contributed by atoms with E-state index in [1.807, 2.05) is 44.2 Å². The molecule has 0 aliphatic rings. The van der Waals surface area contributed by atoms with Crippen LogP contribution in [0.25, 0.3) is 10.9 Å². The van der Waals surface area contributed by atoms with Gasteiger partial charge in [-0.15, -0.1) is 0 Å². The van der Waals surface area contributed by atoms with Crippen LogP contribution in [-0.4, -0.2) is 4.98 Å². The second-order valence-corrected chi connectivity index (χ2v) is 4.49. The zero-order chi connectivity index (χ0) is 12.4. The van der Waals surface area contributed by atoms with Crippen molar-refractivity contribution in [1.29, 1.82) is 5.26 Å². The lowest BCUT2D eigenvalue weighted by atomic mass is 9.90. The van der Waals surface area contributed by atoms with Gasteiger partial charge in [-0.3, -0.25) is 4.79 Å². The standard InChI is InChI=1S/C14H14N2O/c1-9(2)12(8-15)11-7-10-5-3-4-6-13(10)16-14(11)17/h3-7,9,12H,1-2H3,(H,16,17). The maximum atomic E-state index is 11.9. The number of rotatable bonds is 2. The quantitative estimate of drug-likeness (QED) is 0.856. The van der Waals surface area contributed by atoms with Crippen LogP contribution in [0.3, 0.4) is 0 Å². The normalized spacial score (nSPS) is 12.6. The number of nitrogens with zero attached hydrogens (tertiary/aromatic N) is 1. The molecule has 0 spiro atoms. The Morgan fingerprint density at radius 1 is 1.29 bits per heavy atom. The molecule has 3 nitrogen and oxygen atoms in total. The average molecular weight is 226 g/mol. The van der Waals surface area contributed by atoms with E-state index in [2.05, 4.69) is 11.1 Å². The van der Waals surface area contributed by atoms with Gasteiger partial charge >= 0.3 is 0 Å². The van der Waals surface area contributed by atoms with Gasteiger partial charge in [0, 0.05) is 11.1 Å². The van der Waals surface area contributed by atoms with Gasteiger partial charge in [0.2, 0.25) is 0 Å². The van der Waals surface area contributed by atoms with E-state index in [0.29, 0.717) is 5.56 Å². The Balaban J connectivity index is 2.67. The summed E-state index contributed by atoms with van der Waals surface area (Å²) >= 11 is 0. The topological polar surface area (TPSA) is 56.6 Å². The fraction of sp³-hybridized carbons (Fsp3) is 0.286. The molecule has 1 N–H and O–H groups in total. The molecule has 1 aromatic heterocycles. The Kier molecular flexibility index (Phi) is 2.97. The minimum absolute atomic E-state index is 0.127. The first-order chi connectivity index (χ1) is 8.13. The molecule has 2 rings (SSSR count). The number of nitrogens with one attached hydrogen (secondary N) is 1. The van der Waals surface area contributed by atoms with Crippen molar-refractivity contribution < 1.29 is 0 Å². The zero-order valence-corrected chi connectivity index (χ0v) is 9.90. The van der Waals surface area contributed by atoms with Gasteiger partial charge in [0.05, 0.1) is 12.0 Å². The van der Waals surface area contributed by atoms with Crippen LogP contribution in [0.15, 0.2) is 35.1 Å². The van der Waals surface area contributed by atoms with Crippen molar-refractivity contribution in [2.24, 2.45) is 5.92 Å². The molecule has 0 aliphatic carbocycles. The summed E-state index contributed by atoms with van der Waals surface area (Å²) in [4.78, 5) is 14.8. The number of H-pyrrole nitrogens is 1. The van der Waals surface area contributed by atoms with E-state index in [1.165, 1.54) is 0 Å². The molecule has 0 amide bonds. The summed E-state index contributed by atoms with van der Waals surface area (Å²) < 4.78 is 0. The smallest absolute Gasteiger partial charge is 0.252 e. The van der Waals surface area contributed by atoms with Crippen molar-refractivity contribution >= 4 is 10.9 Å². The van der Waals surface area contributed by atoms with Gasteiger partial charge in [-0.25, -0.2) is 0 Å². The third-order valence-corrected chi connectivity index (χ3v) is 2.92. The number of hydrogen-bond donors (Lipinski definition) is 1. The van der Waals surface area contributed by atoms with Gasteiger partial charge in [0.1, 0.15) is 0 Å². The number of aromatic amines is 1. The predicted octanol–water partition coefficient (Wildman–Crippen LogP) is 2.79. The monoisotopic (exact) mass is 226 g/mol. The molecule has 86 valence electrons. The summed E-state index contributed by atoms with van der Waals surface area (Å²) in [7, 11) is 0. The predicted molar refractivity (Wildman–Crippen MR) is 67.8 cm³/mol. The number of hydrogen-bond acceptors (Lipinski definition) is 2. The fourth-order valence-electron chi connectivity index (χ4n) is 1.97. The molecule has 0 saturated heterocycles. The Morgan fingerprint density at radius 2 is 2.00 bits per heavy atom. The highest BCUT2D eigenvalue weighted by molar-refractivity contribution is 5.78. The van der Waals surface area contributed by atoms with Crippen LogP contribution in [0.4, 0.5) is 0 Å². The van der Waals surface area contributed by atoms with Crippen LogP contribution in [0.5, 0.6) is 0 Å². The van der Waals surface area contributed by atoms with Crippen LogP contribution in [0.1, 0.15) is 25.3 Å². The molecular weight excluding hydrogens is 212 g/mol. The fourth-order valence-corrected chi connectivity index (χ4v) is 1.97. The Morgan fingerprint density at radius 3 is 2.65 bits per heavy atom. The number of benzene rings is 1. The second kappa shape index (κ2) is 4.42. The van der Waals surface area contributed by atoms with E-state index >= 15 is 0 Å². The van der Waals surface area contributed by atoms with Crippen molar-refractivity contribution in [2.45, 2.75) is 19.8 Å². The SMILES string of the molecule is CC(C)C(C#N)c1cc2ccccc2[nH]c1=O. The first-order valence-electron chi connectivity index (χ1n) is 5.65. The van der Waals surface area contributed by atoms with E-state index in [4.69, 9.17) is 5.26 Å². The number of pyridine rings is 1. The Labute approximate surface area is 99.7 Å². The molecule has 0 aliphatic heterocycles. The molecule has 0 fully saturated rings. The summed E-state index contributed by atoms with van der Waals surface area (Å²) in [5, 5.41) is 10.1. The number of fused-ring (bicyclic) bond motifs is 1. The van der Waals surface area contributed by atoms with Crippen LogP contribution in [0, 0.1) is 17.2 Å². The Bertz CT molecular complexity index is 634. The lowest BCUT2D eigenvalue weighted by molar-refractivity contribution is 0.583. The van der Waals surface area contributed by atoms with Gasteiger partial charge < -0.3 is 4.98 Å². The van der Waals surface area contributed by atoms with E-state index in [9.17, 15) is 4.79 Å². The van der Waals surface area contributed by atoms with Gasteiger partial charge in [0.15, 0.2) is 0 Å². The third-order valence-electron chi connectivity index (χ3n) is 2.92. The van der Waals surface area contributed by atoms with Gasteiger partial charge in [-0.1, -0.05) is 32.0 Å². The van der Waals surface area contributed by atoms with Crippen molar-refractivity contribution in [3.05, 3.63) is 46.2 Å². The molecule has 1 unspecified atom stereocenters. The van der Waals surface area contributed by atoms with E-state index < -0.39 is 0 Å². The summed E-state index contributed by atoms with van der Waals surface area (Å²) in [5.41, 5.74) is 1.20. The van der Waals surface area contributed by atoms with Crippen molar-refractivity contribution in [3.8, 4) is 6.07 Å². The van der Waals surface area contributed by atoms with Crippen LogP contribution in [-0.2, 0) is 0 Å². The molecule has 1 atom stereocenters. The summed E-state index contributed by atoms with van der Waals surface area (Å²) in [6.07, 6.45) is 0. The van der Waals surface area contributed by atoms with Crippen LogP contribution >= 0.6 is 0 Å². The summed E-state index contributed by atoms with van der Waals surface area (Å²) in [6, 6.07) is 11.6. The molecule has 1 aromatic carbocycles. The van der Waals surface area contributed by atoms with Crippen LogP contribution in [0.2, 0.25) is 0 Å². The number of aromatic nitrogens is 1. The summed E-state index contributed by atoms with van der Waals surface area (Å²) in [6.45, 7) is 3.89. The first kappa shape index (κ1) is 11.4. The third kappa shape index (κ3) is 2.07. The molecule has 0 bridgehead atoms. The summed E-state index contributed by atoms with van der Waals surface area (Å²) in [5.74, 6) is -0.231. The molecule has 0 radical (unpaired) electrons. The van der Waals surface area contributed by atoms with Gasteiger partial charge in [0.25, 0.3) is 5.56 Å². The highest BCUT2D eigenvalue weighted by Crippen LogP contribution is 2.22. The molecular formula is C14H14N2O. The largest absolute Gasteiger partial charge is 0.322 e. The van der Waals surface area contributed by atoms with E-state index in [-0.39, 0.29) is 17.4 Å². The minimum atomic E-state index is -0.358. The van der Waals surface area contributed by atoms with Crippen molar-refractivity contribution in [3.63, 3.8) is 0 Å². The second-order valence-electron chi connectivity index (χ2n) is 4.49. The lowest BCUT2D eigenvalue weighted by Crippen LogP contribution is -2.18. The first-order valence-corrected chi connectivity index (χ1v) is 5.65.